The summed E-state index contributed by atoms with van der Waals surface area (Å²) in [5.41, 5.74) is -1.70. The Morgan fingerprint density at radius 3 is 2.52 bits per heavy atom. The average molecular weight is 694 g/mol. The van der Waals surface area contributed by atoms with Gasteiger partial charge in [0, 0.05) is 45.1 Å². The first-order chi connectivity index (χ1) is 22.8. The number of aromatic nitrogens is 4. The van der Waals surface area contributed by atoms with Gasteiger partial charge in [-0.3, -0.25) is 14.3 Å². The summed E-state index contributed by atoms with van der Waals surface area (Å²) in [6.45, 7) is 4.27. The van der Waals surface area contributed by atoms with Crippen molar-refractivity contribution in [1.82, 2.24) is 40.2 Å². The summed E-state index contributed by atoms with van der Waals surface area (Å²) in [5, 5.41) is 25.8. The van der Waals surface area contributed by atoms with Gasteiger partial charge >= 0.3 is 12.2 Å². The molecule has 0 bridgehead atoms. The topological polar surface area (TPSA) is 158 Å². The van der Waals surface area contributed by atoms with Crippen LogP contribution in [-0.2, 0) is 13.2 Å². The van der Waals surface area contributed by atoms with Gasteiger partial charge in [0.15, 0.2) is 11.5 Å². The van der Waals surface area contributed by atoms with Crippen molar-refractivity contribution in [2.45, 2.75) is 56.8 Å². The zero-order chi connectivity index (χ0) is 34.6. The monoisotopic (exact) mass is 693 g/mol. The number of alkyl halides is 3. The third-order valence-electron chi connectivity index (χ3n) is 8.41. The minimum Gasteiger partial charge on any atom is -0.388 e. The molecule has 3 aromatic rings. The molecule has 13 nitrogen and oxygen atoms in total. The van der Waals surface area contributed by atoms with Crippen molar-refractivity contribution < 1.29 is 32.7 Å². The summed E-state index contributed by atoms with van der Waals surface area (Å²) >= 11 is 6.38. The van der Waals surface area contributed by atoms with E-state index in [4.69, 9.17) is 11.6 Å². The normalized spacial score (nSPS) is 16.0. The van der Waals surface area contributed by atoms with Crippen LogP contribution in [0.4, 0.5) is 23.7 Å². The van der Waals surface area contributed by atoms with E-state index in [9.17, 15) is 32.7 Å². The van der Waals surface area contributed by atoms with E-state index in [1.165, 1.54) is 46.9 Å². The molecule has 1 aliphatic heterocycles. The fourth-order valence-electron chi connectivity index (χ4n) is 5.55. The quantitative estimate of drug-likeness (QED) is 0.193. The number of piperidine rings is 1. The molecule has 5 rings (SSSR count). The fourth-order valence-corrected chi connectivity index (χ4v) is 5.82. The van der Waals surface area contributed by atoms with E-state index < -0.39 is 29.3 Å². The molecule has 1 saturated carbocycles. The number of halogens is 4. The van der Waals surface area contributed by atoms with E-state index in [-0.39, 0.29) is 65.1 Å². The predicted molar refractivity (Wildman–Crippen MR) is 172 cm³/mol. The maximum atomic E-state index is 13.8. The molecule has 260 valence electrons. The van der Waals surface area contributed by atoms with Crippen molar-refractivity contribution in [3.63, 3.8) is 0 Å². The first kappa shape index (κ1) is 35.2. The van der Waals surface area contributed by atoms with E-state index in [0.29, 0.717) is 38.9 Å². The summed E-state index contributed by atoms with van der Waals surface area (Å²) in [6.07, 6.45) is 1.14. The van der Waals surface area contributed by atoms with Crippen LogP contribution in [0.25, 0.3) is 11.3 Å². The molecule has 0 radical (unpaired) electrons. The first-order valence-electron chi connectivity index (χ1n) is 15.8. The molecular formula is C31H39ClF3N9O4. The Morgan fingerprint density at radius 1 is 1.15 bits per heavy atom. The number of nitrogens with zero attached hydrogens (tertiary/aromatic N) is 5. The molecule has 48 heavy (non-hydrogen) atoms. The SMILES string of the molecule is CCCN(CCNC(=O)c1ccc(NC(=O)c2ncc(-c3cn(C4CC4)nc3C(F)(F)F)n2C)cc1Cl)C(=O)NCC1(O)CCNCC1. The largest absolute Gasteiger partial charge is 0.435 e. The van der Waals surface area contributed by atoms with Gasteiger partial charge in [-0.1, -0.05) is 18.5 Å². The minimum absolute atomic E-state index is 0.0477. The molecule has 5 N–H and O–H groups in total. The van der Waals surface area contributed by atoms with Crippen LogP contribution in [-0.4, -0.2) is 92.1 Å². The average Bonchev–Trinajstić information content (AvgIpc) is 3.66. The van der Waals surface area contributed by atoms with Gasteiger partial charge in [-0.25, -0.2) is 9.78 Å². The molecule has 0 unspecified atom stereocenters. The summed E-state index contributed by atoms with van der Waals surface area (Å²) in [6, 6.07) is 3.87. The number of aliphatic hydroxyl groups is 1. The number of carbonyl (C=O) groups is 3. The number of carbonyl (C=O) groups excluding carboxylic acids is 3. The van der Waals surface area contributed by atoms with Gasteiger partial charge in [0.1, 0.15) is 0 Å². The fraction of sp³-hybridized carbons (Fsp3) is 0.516. The third-order valence-corrected chi connectivity index (χ3v) is 8.72. The number of nitrogens with one attached hydrogen (secondary N) is 4. The number of imidazole rings is 1. The van der Waals surface area contributed by atoms with E-state index in [1.807, 2.05) is 6.92 Å². The zero-order valence-corrected chi connectivity index (χ0v) is 27.4. The van der Waals surface area contributed by atoms with Gasteiger partial charge < -0.3 is 35.8 Å². The Bertz CT molecular complexity index is 1650. The Hall–Kier alpha value is -4.15. The lowest BCUT2D eigenvalue weighted by molar-refractivity contribution is -0.141. The second kappa shape index (κ2) is 14.5. The standard InChI is InChI=1S/C31H39ClF3N9O4/c1-3-13-43(29(47)39-18-30(48)8-10-36-11-9-30)14-12-37-27(45)21-7-4-19(15-23(21)32)40-28(46)26-38-16-24(42(26)2)22-17-44(20-5-6-20)41-25(22)31(33,34)35/h4,7,15-17,20,36,48H,3,5-6,8-14,18H2,1-2H3,(H,37,45)(H,39,47)(H,40,46). The molecular weight excluding hydrogens is 655 g/mol. The highest BCUT2D eigenvalue weighted by Crippen LogP contribution is 2.41. The Labute approximate surface area is 280 Å². The minimum atomic E-state index is -4.69. The summed E-state index contributed by atoms with van der Waals surface area (Å²) in [4.78, 5) is 44.4. The van der Waals surface area contributed by atoms with Crippen LogP contribution < -0.4 is 21.3 Å². The molecule has 4 amide bonds. The molecule has 2 aromatic heterocycles. The van der Waals surface area contributed by atoms with E-state index in [0.717, 1.165) is 12.8 Å². The number of hydrogen-bond donors (Lipinski definition) is 5. The lowest BCUT2D eigenvalue weighted by Crippen LogP contribution is -2.52. The first-order valence-corrected chi connectivity index (χ1v) is 16.2. The van der Waals surface area contributed by atoms with Gasteiger partial charge in [0.25, 0.3) is 11.8 Å². The molecule has 1 aromatic carbocycles. The predicted octanol–water partition coefficient (Wildman–Crippen LogP) is 3.81. The van der Waals surface area contributed by atoms with Gasteiger partial charge in [-0.05, 0) is 63.4 Å². The van der Waals surface area contributed by atoms with Crippen molar-refractivity contribution in [3.05, 3.63) is 52.7 Å². The summed E-state index contributed by atoms with van der Waals surface area (Å²) < 4.78 is 43.8. The number of rotatable bonds is 12. The van der Waals surface area contributed by atoms with Crippen LogP contribution in [0.2, 0.25) is 5.02 Å². The Morgan fingerprint density at radius 2 is 1.88 bits per heavy atom. The second-order valence-electron chi connectivity index (χ2n) is 12.2. The van der Waals surface area contributed by atoms with Crippen molar-refractivity contribution in [2.75, 3.05) is 44.6 Å². The van der Waals surface area contributed by atoms with E-state index in [2.05, 4.69) is 31.3 Å². The molecule has 1 aliphatic carbocycles. The third kappa shape index (κ3) is 8.28. The lowest BCUT2D eigenvalue weighted by Gasteiger charge is -2.33. The number of amides is 4. The van der Waals surface area contributed by atoms with Crippen LogP contribution in [0.5, 0.6) is 0 Å². The second-order valence-corrected chi connectivity index (χ2v) is 12.6. The van der Waals surface area contributed by atoms with Crippen LogP contribution in [0, 0.1) is 0 Å². The molecule has 0 spiro atoms. The van der Waals surface area contributed by atoms with Crippen LogP contribution in [0.1, 0.15) is 71.7 Å². The summed E-state index contributed by atoms with van der Waals surface area (Å²) in [7, 11) is 1.44. The number of urea groups is 1. The Kier molecular flexibility index (Phi) is 10.7. The lowest BCUT2D eigenvalue weighted by atomic mass is 9.92. The highest BCUT2D eigenvalue weighted by Gasteiger charge is 2.40. The molecule has 0 atom stereocenters. The maximum absolute atomic E-state index is 13.8. The van der Waals surface area contributed by atoms with E-state index in [1.54, 1.807) is 4.90 Å². The Balaban J connectivity index is 1.17. The van der Waals surface area contributed by atoms with Crippen LogP contribution in [0.3, 0.4) is 0 Å². The highest BCUT2D eigenvalue weighted by atomic mass is 35.5. The molecule has 17 heteroatoms. The van der Waals surface area contributed by atoms with Crippen molar-refractivity contribution in [3.8, 4) is 11.3 Å². The van der Waals surface area contributed by atoms with Crippen LogP contribution in [0.15, 0.2) is 30.6 Å². The zero-order valence-electron chi connectivity index (χ0n) is 26.7. The number of anilines is 1. The van der Waals surface area contributed by atoms with Crippen molar-refractivity contribution in [2.24, 2.45) is 7.05 Å². The van der Waals surface area contributed by atoms with E-state index >= 15 is 0 Å². The maximum Gasteiger partial charge on any atom is 0.435 e. The smallest absolute Gasteiger partial charge is 0.388 e. The van der Waals surface area contributed by atoms with Crippen molar-refractivity contribution in [1.29, 1.82) is 0 Å². The number of benzene rings is 1. The van der Waals surface area contributed by atoms with Crippen molar-refractivity contribution >= 4 is 35.1 Å². The number of hydrogen-bond acceptors (Lipinski definition) is 7. The molecule has 1 saturated heterocycles. The van der Waals surface area contributed by atoms with Gasteiger partial charge in [-0.15, -0.1) is 0 Å². The van der Waals surface area contributed by atoms with Gasteiger partial charge in [0.2, 0.25) is 0 Å². The van der Waals surface area contributed by atoms with Gasteiger partial charge in [-0.2, -0.15) is 18.3 Å². The van der Waals surface area contributed by atoms with Gasteiger partial charge in [0.05, 0.1) is 39.7 Å². The molecule has 3 heterocycles. The molecule has 2 aliphatic rings. The summed E-state index contributed by atoms with van der Waals surface area (Å²) in [5.74, 6) is -1.32. The highest BCUT2D eigenvalue weighted by molar-refractivity contribution is 6.34. The molecule has 2 fully saturated rings. The van der Waals surface area contributed by atoms with Crippen LogP contribution >= 0.6 is 11.6 Å².